The summed E-state index contributed by atoms with van der Waals surface area (Å²) in [6.07, 6.45) is 4.05. The lowest BCUT2D eigenvalue weighted by molar-refractivity contribution is -0.150. The van der Waals surface area contributed by atoms with Crippen LogP contribution < -0.4 is 0 Å². The van der Waals surface area contributed by atoms with Gasteiger partial charge in [0.05, 0.1) is 5.41 Å². The van der Waals surface area contributed by atoms with E-state index in [1.807, 2.05) is 6.92 Å². The van der Waals surface area contributed by atoms with Gasteiger partial charge < -0.3 is 5.11 Å². The van der Waals surface area contributed by atoms with Crippen LogP contribution in [0.15, 0.2) is 0 Å². The molecule has 0 aromatic carbocycles. The van der Waals surface area contributed by atoms with Crippen molar-refractivity contribution in [2.45, 2.75) is 39.5 Å². The number of rotatable bonds is 2. The van der Waals surface area contributed by atoms with Crippen LogP contribution in [0.5, 0.6) is 0 Å². The molecule has 0 saturated heterocycles. The first-order valence-corrected chi connectivity index (χ1v) is 4.34. The summed E-state index contributed by atoms with van der Waals surface area (Å²) < 4.78 is 0. The lowest BCUT2D eigenvalue weighted by Crippen LogP contribution is -2.30. The molecule has 2 heteroatoms. The zero-order chi connectivity index (χ0) is 8.48. The van der Waals surface area contributed by atoms with Gasteiger partial charge in [-0.05, 0) is 25.7 Å². The van der Waals surface area contributed by atoms with E-state index in [1.165, 1.54) is 0 Å². The molecule has 0 heterocycles. The number of carboxylic acids is 1. The number of carboxylic acid groups (broad SMARTS) is 1. The number of hydrogen-bond donors (Lipinski definition) is 1. The molecule has 1 saturated carbocycles. The van der Waals surface area contributed by atoms with E-state index in [9.17, 15) is 4.79 Å². The molecule has 1 N–H and O–H groups in total. The molecular formula is C9H16O2. The molecule has 0 unspecified atom stereocenters. The van der Waals surface area contributed by atoms with Gasteiger partial charge in [-0.3, -0.25) is 4.79 Å². The molecule has 11 heavy (non-hydrogen) atoms. The second-order valence-electron chi connectivity index (χ2n) is 3.72. The third-order valence-electron chi connectivity index (χ3n) is 3.13. The third kappa shape index (κ3) is 1.26. The maximum absolute atomic E-state index is 10.9. The zero-order valence-corrected chi connectivity index (χ0v) is 7.26. The summed E-state index contributed by atoms with van der Waals surface area (Å²) in [6, 6.07) is 0. The van der Waals surface area contributed by atoms with E-state index < -0.39 is 11.4 Å². The van der Waals surface area contributed by atoms with Crippen LogP contribution in [0.2, 0.25) is 0 Å². The van der Waals surface area contributed by atoms with E-state index in [-0.39, 0.29) is 0 Å². The normalized spacial score (nSPS) is 37.5. The zero-order valence-electron chi connectivity index (χ0n) is 7.26. The number of hydrogen-bond acceptors (Lipinski definition) is 1. The Labute approximate surface area is 67.6 Å². The summed E-state index contributed by atoms with van der Waals surface area (Å²) in [6.45, 7) is 3.97. The first-order valence-electron chi connectivity index (χ1n) is 4.34. The number of aliphatic carboxylic acids is 1. The van der Waals surface area contributed by atoms with Gasteiger partial charge in [-0.25, -0.2) is 0 Å². The van der Waals surface area contributed by atoms with Crippen LogP contribution in [0.4, 0.5) is 0 Å². The number of carbonyl (C=O) groups is 1. The lowest BCUT2D eigenvalue weighted by atomic mass is 9.78. The van der Waals surface area contributed by atoms with E-state index >= 15 is 0 Å². The van der Waals surface area contributed by atoms with E-state index in [2.05, 4.69) is 6.92 Å². The minimum absolute atomic E-state index is 0.403. The second kappa shape index (κ2) is 2.84. The second-order valence-corrected chi connectivity index (χ2v) is 3.72. The van der Waals surface area contributed by atoms with E-state index in [0.717, 1.165) is 25.7 Å². The summed E-state index contributed by atoms with van der Waals surface area (Å²) in [5.74, 6) is -0.207. The molecule has 1 fully saturated rings. The summed E-state index contributed by atoms with van der Waals surface area (Å²) in [4.78, 5) is 10.9. The lowest BCUT2D eigenvalue weighted by Gasteiger charge is -2.25. The maximum atomic E-state index is 10.9. The molecule has 1 rings (SSSR count). The highest BCUT2D eigenvalue weighted by molar-refractivity contribution is 5.74. The molecule has 0 bridgehead atoms. The first-order chi connectivity index (χ1) is 5.11. The van der Waals surface area contributed by atoms with Crippen LogP contribution in [0, 0.1) is 11.3 Å². The molecule has 64 valence electrons. The monoisotopic (exact) mass is 156 g/mol. The van der Waals surface area contributed by atoms with Crippen LogP contribution in [-0.4, -0.2) is 11.1 Å². The Morgan fingerprint density at radius 3 is 2.73 bits per heavy atom. The van der Waals surface area contributed by atoms with Crippen molar-refractivity contribution in [2.75, 3.05) is 0 Å². The summed E-state index contributed by atoms with van der Waals surface area (Å²) >= 11 is 0. The van der Waals surface area contributed by atoms with Crippen molar-refractivity contribution in [1.82, 2.24) is 0 Å². The van der Waals surface area contributed by atoms with Crippen molar-refractivity contribution in [2.24, 2.45) is 11.3 Å². The molecule has 0 amide bonds. The minimum atomic E-state index is -0.609. The minimum Gasteiger partial charge on any atom is -0.481 e. The van der Waals surface area contributed by atoms with Gasteiger partial charge in [0.1, 0.15) is 0 Å². The molecule has 2 atom stereocenters. The quantitative estimate of drug-likeness (QED) is 0.666. The van der Waals surface area contributed by atoms with Crippen molar-refractivity contribution in [3.63, 3.8) is 0 Å². The van der Waals surface area contributed by atoms with E-state index in [0.29, 0.717) is 5.92 Å². The Morgan fingerprint density at radius 1 is 1.73 bits per heavy atom. The van der Waals surface area contributed by atoms with Crippen molar-refractivity contribution < 1.29 is 9.90 Å². The third-order valence-corrected chi connectivity index (χ3v) is 3.13. The van der Waals surface area contributed by atoms with Crippen molar-refractivity contribution in [3.8, 4) is 0 Å². The highest BCUT2D eigenvalue weighted by atomic mass is 16.4. The fraction of sp³-hybridized carbons (Fsp3) is 0.889. The Balaban J connectivity index is 2.75. The molecule has 0 aromatic rings. The summed E-state index contributed by atoms with van der Waals surface area (Å²) in [7, 11) is 0. The van der Waals surface area contributed by atoms with Gasteiger partial charge in [0, 0.05) is 0 Å². The average Bonchev–Trinajstić information content (AvgIpc) is 2.32. The molecule has 0 radical (unpaired) electrons. The highest BCUT2D eigenvalue weighted by Crippen LogP contribution is 2.44. The molecule has 1 aliphatic rings. The fourth-order valence-corrected chi connectivity index (χ4v) is 2.17. The van der Waals surface area contributed by atoms with Crippen LogP contribution in [0.1, 0.15) is 39.5 Å². The van der Waals surface area contributed by atoms with Crippen LogP contribution in [-0.2, 0) is 4.79 Å². The SMILES string of the molecule is CC[C@@H]1CCC[C@@]1(C)C(=O)O. The van der Waals surface area contributed by atoms with E-state index in [1.54, 1.807) is 0 Å². The van der Waals surface area contributed by atoms with Gasteiger partial charge in [0.25, 0.3) is 0 Å². The molecule has 2 nitrogen and oxygen atoms in total. The Morgan fingerprint density at radius 2 is 2.36 bits per heavy atom. The molecular weight excluding hydrogens is 140 g/mol. The van der Waals surface area contributed by atoms with Crippen molar-refractivity contribution in [1.29, 1.82) is 0 Å². The Hall–Kier alpha value is -0.530. The van der Waals surface area contributed by atoms with Gasteiger partial charge in [-0.2, -0.15) is 0 Å². The first kappa shape index (κ1) is 8.57. The molecule has 1 aliphatic carbocycles. The van der Waals surface area contributed by atoms with Gasteiger partial charge in [-0.1, -0.05) is 19.8 Å². The van der Waals surface area contributed by atoms with Crippen LogP contribution in [0.25, 0.3) is 0 Å². The Bertz CT molecular complexity index is 165. The summed E-state index contributed by atoms with van der Waals surface area (Å²) in [5, 5.41) is 8.97. The van der Waals surface area contributed by atoms with Gasteiger partial charge in [-0.15, -0.1) is 0 Å². The van der Waals surface area contributed by atoms with Crippen LogP contribution >= 0.6 is 0 Å². The topological polar surface area (TPSA) is 37.3 Å². The highest BCUT2D eigenvalue weighted by Gasteiger charge is 2.43. The molecule has 0 aliphatic heterocycles. The van der Waals surface area contributed by atoms with Gasteiger partial charge in [0.2, 0.25) is 0 Å². The average molecular weight is 156 g/mol. The largest absolute Gasteiger partial charge is 0.481 e. The van der Waals surface area contributed by atoms with Crippen molar-refractivity contribution in [3.05, 3.63) is 0 Å². The Kier molecular flexibility index (Phi) is 2.21. The fourth-order valence-electron chi connectivity index (χ4n) is 2.17. The van der Waals surface area contributed by atoms with Crippen molar-refractivity contribution >= 4 is 5.97 Å². The van der Waals surface area contributed by atoms with Gasteiger partial charge in [0.15, 0.2) is 0 Å². The summed E-state index contributed by atoms with van der Waals surface area (Å²) in [5.41, 5.74) is -0.422. The van der Waals surface area contributed by atoms with E-state index in [4.69, 9.17) is 5.11 Å². The van der Waals surface area contributed by atoms with Gasteiger partial charge >= 0.3 is 5.97 Å². The predicted octanol–water partition coefficient (Wildman–Crippen LogP) is 2.29. The standard InChI is InChI=1S/C9H16O2/c1-3-7-5-4-6-9(7,2)8(10)11/h7H,3-6H2,1-2H3,(H,10,11)/t7-,9-/m1/s1. The maximum Gasteiger partial charge on any atom is 0.309 e. The smallest absolute Gasteiger partial charge is 0.309 e. The van der Waals surface area contributed by atoms with Crippen LogP contribution in [0.3, 0.4) is 0 Å². The molecule has 0 spiro atoms. The molecule has 0 aromatic heterocycles. The predicted molar refractivity (Wildman–Crippen MR) is 43.4 cm³/mol.